The number of hydrogen-bond acceptors (Lipinski definition) is 4. The number of rotatable bonds is 3. The van der Waals surface area contributed by atoms with Crippen molar-refractivity contribution in [1.82, 2.24) is 10.2 Å². The highest BCUT2D eigenvalue weighted by Gasteiger charge is 2.46. The maximum atomic E-state index is 12.8. The van der Waals surface area contributed by atoms with Gasteiger partial charge in [-0.15, -0.1) is 0 Å². The van der Waals surface area contributed by atoms with Crippen LogP contribution in [0.25, 0.3) is 0 Å². The normalized spacial score (nSPS) is 31.4. The molecule has 20 heavy (non-hydrogen) atoms. The van der Waals surface area contributed by atoms with Gasteiger partial charge in [0, 0.05) is 18.4 Å². The number of aliphatic hydroxyl groups excluding tert-OH is 1. The Bertz CT molecular complexity index is 391. The molecule has 0 bridgehead atoms. The molecule has 2 unspecified atom stereocenters. The second-order valence-electron chi connectivity index (χ2n) is 6.47. The number of carbonyl (C=O) groups is 2. The number of hydrogen-bond donors (Lipinski definition) is 3. The molecule has 2 rings (SSSR count). The van der Waals surface area contributed by atoms with Crippen LogP contribution in [0.1, 0.15) is 33.1 Å². The van der Waals surface area contributed by atoms with E-state index in [1.807, 2.05) is 13.8 Å². The molecule has 0 aliphatic carbocycles. The highest BCUT2D eigenvalue weighted by atomic mass is 16.4. The maximum Gasteiger partial charge on any atom is 0.326 e. The Morgan fingerprint density at radius 2 is 2.05 bits per heavy atom. The smallest absolute Gasteiger partial charge is 0.326 e. The first kappa shape index (κ1) is 15.3. The Morgan fingerprint density at radius 1 is 1.35 bits per heavy atom. The molecule has 6 nitrogen and oxygen atoms in total. The molecule has 0 saturated carbocycles. The first-order valence-electron chi connectivity index (χ1n) is 7.26. The average Bonchev–Trinajstić information content (AvgIpc) is 2.81. The molecule has 2 heterocycles. The highest BCUT2D eigenvalue weighted by Crippen LogP contribution is 2.35. The zero-order valence-electron chi connectivity index (χ0n) is 12.1. The third-order valence-electron chi connectivity index (χ3n) is 4.69. The Balaban J connectivity index is 2.14. The Hall–Kier alpha value is -1.14. The molecule has 0 spiro atoms. The Morgan fingerprint density at radius 3 is 2.60 bits per heavy atom. The van der Waals surface area contributed by atoms with Crippen molar-refractivity contribution >= 4 is 11.9 Å². The summed E-state index contributed by atoms with van der Waals surface area (Å²) in [4.78, 5) is 25.3. The molecule has 2 saturated heterocycles. The largest absolute Gasteiger partial charge is 0.480 e. The molecule has 6 heteroatoms. The van der Waals surface area contributed by atoms with Crippen molar-refractivity contribution in [3.05, 3.63) is 0 Å². The van der Waals surface area contributed by atoms with Crippen LogP contribution in [0.5, 0.6) is 0 Å². The number of piperidine rings is 1. The molecule has 0 radical (unpaired) electrons. The average molecular weight is 284 g/mol. The molecule has 2 fully saturated rings. The van der Waals surface area contributed by atoms with E-state index >= 15 is 0 Å². The summed E-state index contributed by atoms with van der Waals surface area (Å²) >= 11 is 0. The van der Waals surface area contributed by atoms with E-state index in [4.69, 9.17) is 0 Å². The summed E-state index contributed by atoms with van der Waals surface area (Å²) in [6.07, 6.45) is 1.40. The number of nitrogens with zero attached hydrogens (tertiary/aromatic N) is 1. The molecule has 1 amide bonds. The first-order valence-corrected chi connectivity index (χ1v) is 7.26. The van der Waals surface area contributed by atoms with Crippen molar-refractivity contribution in [1.29, 1.82) is 0 Å². The quantitative estimate of drug-likeness (QED) is 0.682. The minimum atomic E-state index is -1.03. The molecule has 3 N–H and O–H groups in total. The number of β-amino-alcohol motifs (C(OH)–C–C–N with tert-alkyl or cyclic N) is 1. The van der Waals surface area contributed by atoms with Crippen LogP contribution in [-0.4, -0.2) is 58.8 Å². The third-order valence-corrected chi connectivity index (χ3v) is 4.69. The lowest BCUT2D eigenvalue weighted by Crippen LogP contribution is -2.51. The summed E-state index contributed by atoms with van der Waals surface area (Å²) in [6.45, 7) is 5.65. The zero-order valence-corrected chi connectivity index (χ0v) is 12.1. The summed E-state index contributed by atoms with van der Waals surface area (Å²) in [7, 11) is 0. The van der Waals surface area contributed by atoms with Gasteiger partial charge in [0.05, 0.1) is 6.10 Å². The summed E-state index contributed by atoms with van der Waals surface area (Å²) in [5, 5.41) is 22.2. The van der Waals surface area contributed by atoms with Gasteiger partial charge in [-0.2, -0.15) is 0 Å². The molecule has 3 atom stereocenters. The van der Waals surface area contributed by atoms with Crippen LogP contribution in [0.15, 0.2) is 0 Å². The topological polar surface area (TPSA) is 89.9 Å². The van der Waals surface area contributed by atoms with Crippen LogP contribution in [-0.2, 0) is 9.59 Å². The van der Waals surface area contributed by atoms with E-state index < -0.39 is 23.5 Å². The predicted octanol–water partition coefficient (Wildman–Crippen LogP) is 0.0586. The standard InChI is InChI=1S/C14H24N2O4/c1-14(2,9-4-3-5-15-7-9)13(20)16-8-10(17)6-11(16)12(18)19/h9-11,15,17H,3-8H2,1-2H3,(H,18,19)/t9?,10?,11-/m0/s1. The number of aliphatic hydroxyl groups is 1. The minimum absolute atomic E-state index is 0.124. The fraction of sp³-hybridized carbons (Fsp3) is 0.857. The molecule has 114 valence electrons. The lowest BCUT2D eigenvalue weighted by Gasteiger charge is -2.39. The van der Waals surface area contributed by atoms with Gasteiger partial charge >= 0.3 is 5.97 Å². The third kappa shape index (κ3) is 2.81. The molecule has 0 aromatic carbocycles. The lowest BCUT2D eigenvalue weighted by molar-refractivity contribution is -0.154. The molecular formula is C14H24N2O4. The predicted molar refractivity (Wildman–Crippen MR) is 73.1 cm³/mol. The van der Waals surface area contributed by atoms with Crippen molar-refractivity contribution in [3.8, 4) is 0 Å². The van der Waals surface area contributed by atoms with Gasteiger partial charge in [-0.1, -0.05) is 13.8 Å². The Kier molecular flexibility index (Phi) is 4.34. The fourth-order valence-electron chi connectivity index (χ4n) is 3.28. The number of aliphatic carboxylic acids is 1. The second kappa shape index (κ2) is 5.69. The van der Waals surface area contributed by atoms with Gasteiger partial charge in [0.15, 0.2) is 0 Å². The number of amides is 1. The Labute approximate surface area is 119 Å². The van der Waals surface area contributed by atoms with Crippen LogP contribution in [0.2, 0.25) is 0 Å². The van der Waals surface area contributed by atoms with Crippen molar-refractivity contribution in [2.75, 3.05) is 19.6 Å². The van der Waals surface area contributed by atoms with Gasteiger partial charge in [-0.25, -0.2) is 4.79 Å². The molecule has 0 aromatic heterocycles. The molecule has 2 aliphatic rings. The number of nitrogens with one attached hydrogen (secondary N) is 1. The number of likely N-dealkylation sites (tertiary alicyclic amines) is 1. The summed E-state index contributed by atoms with van der Waals surface area (Å²) in [5.41, 5.74) is -0.606. The van der Waals surface area contributed by atoms with E-state index in [2.05, 4.69) is 5.32 Å². The van der Waals surface area contributed by atoms with Crippen LogP contribution in [0, 0.1) is 11.3 Å². The van der Waals surface area contributed by atoms with E-state index in [0.29, 0.717) is 0 Å². The SMILES string of the molecule is CC(C)(C(=O)N1CC(O)C[C@H]1C(=O)O)C1CCCNC1. The minimum Gasteiger partial charge on any atom is -0.480 e. The van der Waals surface area contributed by atoms with Gasteiger partial charge in [0.2, 0.25) is 5.91 Å². The van der Waals surface area contributed by atoms with Gasteiger partial charge < -0.3 is 20.4 Å². The summed E-state index contributed by atoms with van der Waals surface area (Å²) in [6, 6.07) is -0.895. The second-order valence-corrected chi connectivity index (χ2v) is 6.47. The van der Waals surface area contributed by atoms with Crippen LogP contribution in [0.3, 0.4) is 0 Å². The number of carboxylic acid groups (broad SMARTS) is 1. The summed E-state index contributed by atoms with van der Waals surface area (Å²) < 4.78 is 0. The van der Waals surface area contributed by atoms with Crippen molar-refractivity contribution < 1.29 is 19.8 Å². The first-order chi connectivity index (χ1) is 9.34. The summed E-state index contributed by atoms with van der Waals surface area (Å²) in [5.74, 6) is -0.987. The van der Waals surface area contributed by atoms with Crippen LogP contribution < -0.4 is 5.32 Å². The van der Waals surface area contributed by atoms with E-state index in [1.54, 1.807) is 0 Å². The van der Waals surface area contributed by atoms with Gasteiger partial charge in [-0.3, -0.25) is 4.79 Å². The van der Waals surface area contributed by atoms with E-state index in [-0.39, 0.29) is 24.8 Å². The van der Waals surface area contributed by atoms with Crippen molar-refractivity contribution in [2.45, 2.75) is 45.3 Å². The monoisotopic (exact) mass is 284 g/mol. The highest BCUT2D eigenvalue weighted by molar-refractivity contribution is 5.88. The molecule has 2 aliphatic heterocycles. The number of carboxylic acids is 1. The zero-order chi connectivity index (χ0) is 14.9. The fourth-order valence-corrected chi connectivity index (χ4v) is 3.28. The van der Waals surface area contributed by atoms with Gasteiger partial charge in [0.25, 0.3) is 0 Å². The maximum absolute atomic E-state index is 12.8. The molecular weight excluding hydrogens is 260 g/mol. The molecule has 0 aromatic rings. The van der Waals surface area contributed by atoms with Gasteiger partial charge in [0.1, 0.15) is 6.04 Å². The van der Waals surface area contributed by atoms with E-state index in [9.17, 15) is 19.8 Å². The van der Waals surface area contributed by atoms with Crippen LogP contribution in [0.4, 0.5) is 0 Å². The van der Waals surface area contributed by atoms with Gasteiger partial charge in [-0.05, 0) is 31.8 Å². The van der Waals surface area contributed by atoms with Crippen molar-refractivity contribution in [3.63, 3.8) is 0 Å². The van der Waals surface area contributed by atoms with E-state index in [0.717, 1.165) is 25.9 Å². The van der Waals surface area contributed by atoms with E-state index in [1.165, 1.54) is 4.90 Å². The number of carbonyl (C=O) groups excluding carboxylic acids is 1. The van der Waals surface area contributed by atoms with Crippen LogP contribution >= 0.6 is 0 Å². The lowest BCUT2D eigenvalue weighted by atomic mass is 9.74. The van der Waals surface area contributed by atoms with Crippen molar-refractivity contribution in [2.24, 2.45) is 11.3 Å².